The second-order valence-electron chi connectivity index (χ2n) is 10.0. The first-order valence-electron chi connectivity index (χ1n) is 10.3. The van der Waals surface area contributed by atoms with E-state index in [0.717, 1.165) is 18.3 Å². The first kappa shape index (κ1) is 17.6. The van der Waals surface area contributed by atoms with Crippen LogP contribution >= 0.6 is 0 Å². The first-order valence-corrected chi connectivity index (χ1v) is 10.3. The standard InChI is InChI=1S/C21H35NO3/c1-13(11-23)15-6-7-16-14-5-8-18-21(3,12-25-19(24)22(18)4)17(14)9-10-20(15,16)2/h13-18,23H,5-12H2,1-4H3/t13-,14+,15-,16+,17+,18-,20-,21-/m1/s1. The number of cyclic esters (lactones) is 1. The third-order valence-electron chi connectivity index (χ3n) is 9.13. The molecule has 3 saturated carbocycles. The molecule has 4 aliphatic rings. The van der Waals surface area contributed by atoms with Crippen molar-refractivity contribution >= 4 is 6.09 Å². The Kier molecular flexibility index (Phi) is 4.14. The molecule has 1 saturated heterocycles. The second kappa shape index (κ2) is 5.87. The van der Waals surface area contributed by atoms with Crippen LogP contribution in [-0.4, -0.2) is 42.4 Å². The molecule has 0 aromatic rings. The number of aliphatic hydroxyl groups excluding tert-OH is 1. The second-order valence-corrected chi connectivity index (χ2v) is 10.0. The molecule has 1 N–H and O–H groups in total. The molecule has 4 nitrogen and oxygen atoms in total. The number of hydrogen-bond acceptors (Lipinski definition) is 3. The summed E-state index contributed by atoms with van der Waals surface area (Å²) in [4.78, 5) is 13.9. The molecule has 25 heavy (non-hydrogen) atoms. The molecule has 3 aliphatic carbocycles. The summed E-state index contributed by atoms with van der Waals surface area (Å²) < 4.78 is 5.58. The van der Waals surface area contributed by atoms with Crippen LogP contribution in [0.15, 0.2) is 0 Å². The van der Waals surface area contributed by atoms with Crippen LogP contribution in [0.3, 0.4) is 0 Å². The van der Waals surface area contributed by atoms with E-state index >= 15 is 0 Å². The highest BCUT2D eigenvalue weighted by Crippen LogP contribution is 2.66. The van der Waals surface area contributed by atoms with E-state index < -0.39 is 0 Å². The summed E-state index contributed by atoms with van der Waals surface area (Å²) in [5.74, 6) is 3.30. The molecule has 4 rings (SSSR count). The molecule has 1 aliphatic heterocycles. The van der Waals surface area contributed by atoms with Gasteiger partial charge in [-0.3, -0.25) is 0 Å². The number of nitrogens with zero attached hydrogens (tertiary/aromatic N) is 1. The zero-order chi connectivity index (χ0) is 18.0. The average Bonchev–Trinajstić information content (AvgIpc) is 2.95. The van der Waals surface area contributed by atoms with E-state index in [1.54, 1.807) is 0 Å². The quantitative estimate of drug-likeness (QED) is 0.822. The van der Waals surface area contributed by atoms with Crippen molar-refractivity contribution in [3.05, 3.63) is 0 Å². The normalized spacial score (nSPS) is 50.5. The predicted octanol–water partition coefficient (Wildman–Crippen LogP) is 3.92. The molecular formula is C21H35NO3. The Hall–Kier alpha value is -0.770. The van der Waals surface area contributed by atoms with Crippen LogP contribution in [-0.2, 0) is 4.74 Å². The Morgan fingerprint density at radius 1 is 1.16 bits per heavy atom. The van der Waals surface area contributed by atoms with E-state index in [1.807, 2.05) is 11.9 Å². The van der Waals surface area contributed by atoms with Crippen molar-refractivity contribution < 1.29 is 14.6 Å². The first-order chi connectivity index (χ1) is 11.8. The highest BCUT2D eigenvalue weighted by Gasteiger charge is 2.62. The minimum Gasteiger partial charge on any atom is -0.449 e. The molecule has 1 heterocycles. The van der Waals surface area contributed by atoms with Crippen molar-refractivity contribution in [3.63, 3.8) is 0 Å². The van der Waals surface area contributed by atoms with Crippen molar-refractivity contribution in [2.75, 3.05) is 20.3 Å². The number of aliphatic hydroxyl groups is 1. The van der Waals surface area contributed by atoms with E-state index in [2.05, 4.69) is 20.8 Å². The van der Waals surface area contributed by atoms with Crippen LogP contribution in [0.4, 0.5) is 4.79 Å². The predicted molar refractivity (Wildman–Crippen MR) is 97.0 cm³/mol. The number of ether oxygens (including phenoxy) is 1. The van der Waals surface area contributed by atoms with Gasteiger partial charge in [-0.25, -0.2) is 4.79 Å². The topological polar surface area (TPSA) is 49.8 Å². The molecule has 0 unspecified atom stereocenters. The van der Waals surface area contributed by atoms with Gasteiger partial charge in [-0.2, -0.15) is 0 Å². The fourth-order valence-electron chi connectivity index (χ4n) is 7.82. The number of carbonyl (C=O) groups excluding carboxylic acids is 1. The molecule has 8 atom stereocenters. The van der Waals surface area contributed by atoms with E-state index in [0.29, 0.717) is 42.4 Å². The van der Waals surface area contributed by atoms with Crippen LogP contribution in [0.25, 0.3) is 0 Å². The van der Waals surface area contributed by atoms with Crippen LogP contribution in [0, 0.1) is 40.4 Å². The van der Waals surface area contributed by atoms with Crippen LogP contribution < -0.4 is 0 Å². The summed E-state index contributed by atoms with van der Waals surface area (Å²) >= 11 is 0. The van der Waals surface area contributed by atoms with E-state index in [-0.39, 0.29) is 11.5 Å². The molecule has 0 bridgehead atoms. The fraction of sp³-hybridized carbons (Fsp3) is 0.952. The lowest BCUT2D eigenvalue weighted by molar-refractivity contribution is -0.145. The Balaban J connectivity index is 1.61. The van der Waals surface area contributed by atoms with Gasteiger partial charge in [0.05, 0.1) is 0 Å². The van der Waals surface area contributed by atoms with Crippen molar-refractivity contribution in [1.29, 1.82) is 0 Å². The SMILES string of the molecule is C[C@H](CO)[C@H]1CC[C@H]2[C@@H]3CC[C@H]4N(C)C(=O)OC[C@]4(C)[C@H]3CC[C@]12C. The lowest BCUT2D eigenvalue weighted by atomic mass is 9.47. The minimum absolute atomic E-state index is 0.105. The average molecular weight is 350 g/mol. The summed E-state index contributed by atoms with van der Waals surface area (Å²) in [6.45, 7) is 8.05. The summed E-state index contributed by atoms with van der Waals surface area (Å²) in [5.41, 5.74) is 0.497. The monoisotopic (exact) mass is 349 g/mol. The van der Waals surface area contributed by atoms with Gasteiger partial charge in [-0.15, -0.1) is 0 Å². The molecule has 0 radical (unpaired) electrons. The summed E-state index contributed by atoms with van der Waals surface area (Å²) in [7, 11) is 1.92. The van der Waals surface area contributed by atoms with Crippen molar-refractivity contribution in [2.45, 2.75) is 65.3 Å². The summed E-state index contributed by atoms with van der Waals surface area (Å²) in [6.07, 6.45) is 7.36. The number of carbonyl (C=O) groups is 1. The van der Waals surface area contributed by atoms with E-state index in [1.165, 1.54) is 32.1 Å². The van der Waals surface area contributed by atoms with Crippen LogP contribution in [0.5, 0.6) is 0 Å². The largest absolute Gasteiger partial charge is 0.449 e. The molecule has 1 amide bonds. The molecule has 142 valence electrons. The van der Waals surface area contributed by atoms with Gasteiger partial charge in [-0.1, -0.05) is 20.8 Å². The number of fused-ring (bicyclic) bond motifs is 5. The van der Waals surface area contributed by atoms with Gasteiger partial charge >= 0.3 is 6.09 Å². The van der Waals surface area contributed by atoms with Gasteiger partial charge in [0, 0.05) is 25.1 Å². The molecule has 0 spiro atoms. The molecular weight excluding hydrogens is 314 g/mol. The maximum absolute atomic E-state index is 12.0. The third-order valence-corrected chi connectivity index (χ3v) is 9.13. The number of rotatable bonds is 2. The highest BCUT2D eigenvalue weighted by atomic mass is 16.6. The van der Waals surface area contributed by atoms with Crippen molar-refractivity contribution in [3.8, 4) is 0 Å². The smallest absolute Gasteiger partial charge is 0.409 e. The molecule has 4 fully saturated rings. The van der Waals surface area contributed by atoms with E-state index in [9.17, 15) is 9.90 Å². The van der Waals surface area contributed by atoms with Crippen molar-refractivity contribution in [2.24, 2.45) is 40.4 Å². The van der Waals surface area contributed by atoms with E-state index in [4.69, 9.17) is 4.74 Å². The number of hydrogen-bond donors (Lipinski definition) is 1. The zero-order valence-corrected chi connectivity index (χ0v) is 16.3. The maximum atomic E-state index is 12.0. The third kappa shape index (κ3) is 2.32. The Bertz CT molecular complexity index is 551. The Morgan fingerprint density at radius 2 is 1.88 bits per heavy atom. The summed E-state index contributed by atoms with van der Waals surface area (Å²) in [5, 5.41) is 9.73. The number of amides is 1. The van der Waals surface area contributed by atoms with Gasteiger partial charge in [0.1, 0.15) is 6.61 Å². The van der Waals surface area contributed by atoms with Gasteiger partial charge in [0.15, 0.2) is 0 Å². The lowest BCUT2D eigenvalue weighted by Gasteiger charge is -2.61. The fourth-order valence-corrected chi connectivity index (χ4v) is 7.82. The Labute approximate surface area is 152 Å². The highest BCUT2D eigenvalue weighted by molar-refractivity contribution is 5.68. The van der Waals surface area contributed by atoms with Crippen LogP contribution in [0.1, 0.15) is 59.3 Å². The van der Waals surface area contributed by atoms with Gasteiger partial charge in [0.25, 0.3) is 0 Å². The lowest BCUT2D eigenvalue weighted by Crippen LogP contribution is -2.63. The molecule has 0 aromatic heterocycles. The Morgan fingerprint density at radius 3 is 2.60 bits per heavy atom. The van der Waals surface area contributed by atoms with Gasteiger partial charge < -0.3 is 14.7 Å². The minimum atomic E-state index is -0.140. The van der Waals surface area contributed by atoms with Gasteiger partial charge in [-0.05, 0) is 73.5 Å². The molecule has 0 aromatic carbocycles. The molecule has 4 heteroatoms. The summed E-state index contributed by atoms with van der Waals surface area (Å²) in [6, 6.07) is 0.341. The maximum Gasteiger partial charge on any atom is 0.409 e. The zero-order valence-electron chi connectivity index (χ0n) is 16.3. The van der Waals surface area contributed by atoms with Crippen molar-refractivity contribution in [1.82, 2.24) is 4.90 Å². The van der Waals surface area contributed by atoms with Gasteiger partial charge in [0.2, 0.25) is 0 Å². The van der Waals surface area contributed by atoms with Crippen LogP contribution in [0.2, 0.25) is 0 Å².